The van der Waals surface area contributed by atoms with Crippen molar-refractivity contribution >= 4 is 64.6 Å². The van der Waals surface area contributed by atoms with Crippen molar-refractivity contribution in [2.24, 2.45) is 0 Å². The summed E-state index contributed by atoms with van der Waals surface area (Å²) >= 11 is 0. The van der Waals surface area contributed by atoms with Crippen LogP contribution in [0.5, 0.6) is 0 Å². The van der Waals surface area contributed by atoms with E-state index in [9.17, 15) is 4.39 Å². The van der Waals surface area contributed by atoms with E-state index in [0.29, 0.717) is 0 Å². The van der Waals surface area contributed by atoms with E-state index in [1.54, 1.807) is 12.1 Å². The number of rotatable bonds is 5. The molecule has 0 nitrogen and oxygen atoms in total. The molecule has 57 heavy (non-hydrogen) atoms. The van der Waals surface area contributed by atoms with E-state index in [0.717, 1.165) is 33.4 Å². The van der Waals surface area contributed by atoms with Crippen LogP contribution >= 0.6 is 0 Å². The number of halogens is 1. The van der Waals surface area contributed by atoms with Gasteiger partial charge in [0, 0.05) is 0 Å². The molecule has 12 rings (SSSR count). The first-order valence-electron chi connectivity index (χ1n) is 19.6. The largest absolute Gasteiger partial charge is 0.207 e. The first-order valence-corrected chi connectivity index (χ1v) is 19.6. The molecule has 264 valence electrons. The second kappa shape index (κ2) is 12.3. The van der Waals surface area contributed by atoms with Gasteiger partial charge in [0.25, 0.3) is 0 Å². The van der Waals surface area contributed by atoms with Crippen molar-refractivity contribution in [2.45, 2.75) is 0 Å². The molecule has 0 bridgehead atoms. The van der Waals surface area contributed by atoms with E-state index >= 15 is 0 Å². The molecule has 0 saturated heterocycles. The van der Waals surface area contributed by atoms with Gasteiger partial charge in [0.2, 0.25) is 0 Å². The van der Waals surface area contributed by atoms with Crippen LogP contribution in [0, 0.1) is 5.82 Å². The van der Waals surface area contributed by atoms with E-state index in [-0.39, 0.29) is 5.82 Å². The smallest absolute Gasteiger partial charge is 0.123 e. The molecule has 12 aromatic carbocycles. The Morgan fingerprint density at radius 2 is 0.526 bits per heavy atom. The molecule has 0 radical (unpaired) electrons. The molecule has 1 heteroatoms. The molecule has 12 aromatic rings. The van der Waals surface area contributed by atoms with Gasteiger partial charge in [0.05, 0.1) is 0 Å². The summed E-state index contributed by atoms with van der Waals surface area (Å²) in [6, 6.07) is 71.6. The second-order valence-electron chi connectivity index (χ2n) is 15.4. The lowest BCUT2D eigenvalue weighted by molar-refractivity contribution is 0.628. The summed E-state index contributed by atoms with van der Waals surface area (Å²) < 4.78 is 14.1. The maximum atomic E-state index is 14.1. The number of benzene rings is 12. The van der Waals surface area contributed by atoms with Crippen molar-refractivity contribution in [1.82, 2.24) is 0 Å². The minimum atomic E-state index is -0.236. The highest BCUT2D eigenvalue weighted by molar-refractivity contribution is 6.26. The number of hydrogen-bond donors (Lipinski definition) is 0. The summed E-state index contributed by atoms with van der Waals surface area (Å²) in [5, 5.41) is 15.5. The Bertz CT molecular complexity index is 3240. The highest BCUT2D eigenvalue weighted by Crippen LogP contribution is 2.42. The van der Waals surface area contributed by atoms with Gasteiger partial charge in [0.1, 0.15) is 5.82 Å². The third-order valence-electron chi connectivity index (χ3n) is 12.2. The first-order chi connectivity index (χ1) is 28.1. The van der Waals surface area contributed by atoms with Crippen LogP contribution in [0.25, 0.3) is 120 Å². The normalized spacial score (nSPS) is 11.9. The van der Waals surface area contributed by atoms with Gasteiger partial charge in [-0.2, -0.15) is 0 Å². The van der Waals surface area contributed by atoms with E-state index in [1.807, 2.05) is 12.1 Å². The lowest BCUT2D eigenvalue weighted by Gasteiger charge is -2.15. The quantitative estimate of drug-likeness (QED) is 0.155. The van der Waals surface area contributed by atoms with Gasteiger partial charge in [-0.15, -0.1) is 0 Å². The molecule has 0 heterocycles. The molecule has 0 unspecified atom stereocenters. The maximum absolute atomic E-state index is 14.1. The second-order valence-corrected chi connectivity index (χ2v) is 15.4. The molecule has 0 amide bonds. The summed E-state index contributed by atoms with van der Waals surface area (Å²) in [5.74, 6) is -0.236. The monoisotopic (exact) mass is 724 g/mol. The molecule has 0 aliphatic rings. The van der Waals surface area contributed by atoms with Crippen molar-refractivity contribution in [3.05, 3.63) is 206 Å². The van der Waals surface area contributed by atoms with E-state index in [1.165, 1.54) is 86.9 Å². The van der Waals surface area contributed by atoms with Crippen LogP contribution in [0.4, 0.5) is 4.39 Å². The Kier molecular flexibility index (Phi) is 6.91. The van der Waals surface area contributed by atoms with Gasteiger partial charge in [0.15, 0.2) is 0 Å². The zero-order valence-corrected chi connectivity index (χ0v) is 30.9. The summed E-state index contributed by atoms with van der Waals surface area (Å²) in [5.41, 5.74) is 11.4. The molecule has 0 saturated carbocycles. The highest BCUT2D eigenvalue weighted by atomic mass is 19.1. The molecule has 0 N–H and O–H groups in total. The summed E-state index contributed by atoms with van der Waals surface area (Å²) in [6.45, 7) is 0. The zero-order chi connectivity index (χ0) is 37.6. The zero-order valence-electron chi connectivity index (χ0n) is 30.9. The molecule has 0 spiro atoms. The average Bonchev–Trinajstić information content (AvgIpc) is 3.27. The average molecular weight is 725 g/mol. The fraction of sp³-hybridized carbons (Fsp3) is 0. The third-order valence-corrected chi connectivity index (χ3v) is 12.2. The van der Waals surface area contributed by atoms with Crippen molar-refractivity contribution in [2.75, 3.05) is 0 Å². The predicted octanol–water partition coefficient (Wildman–Crippen LogP) is 16.0. The summed E-state index contributed by atoms with van der Waals surface area (Å²) in [6.07, 6.45) is 0. The van der Waals surface area contributed by atoms with Crippen molar-refractivity contribution in [3.8, 4) is 55.6 Å². The summed E-state index contributed by atoms with van der Waals surface area (Å²) in [4.78, 5) is 0. The van der Waals surface area contributed by atoms with Crippen LogP contribution in [0.2, 0.25) is 0 Å². The van der Waals surface area contributed by atoms with E-state index < -0.39 is 0 Å². The van der Waals surface area contributed by atoms with Gasteiger partial charge in [-0.25, -0.2) is 4.39 Å². The number of hydrogen-bond acceptors (Lipinski definition) is 0. The molecular weight excluding hydrogens is 692 g/mol. The van der Waals surface area contributed by atoms with Crippen LogP contribution in [0.3, 0.4) is 0 Å². The van der Waals surface area contributed by atoms with Crippen molar-refractivity contribution in [1.29, 1.82) is 0 Å². The van der Waals surface area contributed by atoms with Crippen molar-refractivity contribution < 1.29 is 4.39 Å². The van der Waals surface area contributed by atoms with Crippen molar-refractivity contribution in [3.63, 3.8) is 0 Å². The molecule has 0 atom stereocenters. The predicted molar refractivity (Wildman–Crippen MR) is 241 cm³/mol. The van der Waals surface area contributed by atoms with Crippen LogP contribution in [-0.4, -0.2) is 0 Å². The van der Waals surface area contributed by atoms with Gasteiger partial charge >= 0.3 is 0 Å². The van der Waals surface area contributed by atoms with Crippen LogP contribution in [0.15, 0.2) is 200 Å². The fourth-order valence-electron chi connectivity index (χ4n) is 9.43. The molecular formula is C56H33F. The Morgan fingerprint density at radius 1 is 0.228 bits per heavy atom. The molecule has 0 aliphatic heterocycles. The minimum Gasteiger partial charge on any atom is -0.207 e. The molecule has 0 aromatic heterocycles. The Morgan fingerprint density at radius 3 is 0.912 bits per heavy atom. The van der Waals surface area contributed by atoms with Crippen LogP contribution in [0.1, 0.15) is 0 Å². The lowest BCUT2D eigenvalue weighted by Crippen LogP contribution is -1.89. The van der Waals surface area contributed by atoms with Gasteiger partial charge in [-0.3, -0.25) is 0 Å². The standard InChI is InChI=1S/C56H33F/c57-48-25-19-36(20-26-48)47-32-45(34-7-11-37(12-8-34)49-27-21-43-17-15-39-3-1-5-41-23-29-51(49)55(43)53(39)41)31-46(33-47)35-9-13-38(14-10-35)50-28-22-44-18-16-40-4-2-6-42-24-30-52(50)56(44)54(40)42/h1-33H. The Balaban J connectivity index is 0.946. The highest BCUT2D eigenvalue weighted by Gasteiger charge is 2.15. The Hall–Kier alpha value is -7.35. The SMILES string of the molecule is Fc1ccc(-c2cc(-c3ccc(-c4ccc5ccc6cccc7ccc4c5c67)cc3)cc(-c3ccc(-c4ccc5ccc6cccc7ccc4c5c67)cc3)c2)cc1. The summed E-state index contributed by atoms with van der Waals surface area (Å²) in [7, 11) is 0. The van der Waals surface area contributed by atoms with Crippen LogP contribution in [-0.2, 0) is 0 Å². The van der Waals surface area contributed by atoms with E-state index in [2.05, 4.69) is 176 Å². The first kappa shape index (κ1) is 31.9. The maximum Gasteiger partial charge on any atom is 0.123 e. The molecule has 0 aliphatic carbocycles. The van der Waals surface area contributed by atoms with Gasteiger partial charge in [-0.05, 0) is 151 Å². The minimum absolute atomic E-state index is 0.236. The van der Waals surface area contributed by atoms with Crippen LogP contribution < -0.4 is 0 Å². The van der Waals surface area contributed by atoms with Gasteiger partial charge < -0.3 is 0 Å². The Labute approximate surface area is 329 Å². The molecule has 0 fully saturated rings. The topological polar surface area (TPSA) is 0 Å². The van der Waals surface area contributed by atoms with Gasteiger partial charge in [-0.1, -0.05) is 170 Å². The third kappa shape index (κ3) is 5.06. The fourth-order valence-corrected chi connectivity index (χ4v) is 9.43. The lowest BCUT2D eigenvalue weighted by atomic mass is 9.88. The van der Waals surface area contributed by atoms with E-state index in [4.69, 9.17) is 0 Å².